The van der Waals surface area contributed by atoms with E-state index in [0.717, 1.165) is 37.4 Å². The van der Waals surface area contributed by atoms with Crippen LogP contribution in [0.25, 0.3) is 11.4 Å². The minimum absolute atomic E-state index is 0.514. The van der Waals surface area contributed by atoms with E-state index >= 15 is 0 Å². The molecule has 10 nitrogen and oxygen atoms in total. The van der Waals surface area contributed by atoms with Crippen LogP contribution in [0.2, 0.25) is 0 Å². The van der Waals surface area contributed by atoms with Crippen LogP contribution in [-0.2, 0) is 9.47 Å². The molecular weight excluding hydrogens is 444 g/mol. The molecule has 10 heteroatoms. The molecule has 0 amide bonds. The first-order chi connectivity index (χ1) is 17.2. The Hall–Kier alpha value is -3.47. The molecule has 0 radical (unpaired) electrons. The van der Waals surface area contributed by atoms with Gasteiger partial charge in [-0.25, -0.2) is 0 Å². The zero-order valence-corrected chi connectivity index (χ0v) is 20.2. The number of nitrogens with zero attached hydrogens (tertiary/aromatic N) is 5. The van der Waals surface area contributed by atoms with Crippen molar-refractivity contribution in [1.29, 1.82) is 0 Å². The van der Waals surface area contributed by atoms with Crippen LogP contribution < -0.4 is 21.7 Å². The quantitative estimate of drug-likeness (QED) is 0.271. The standard InChI is InChI=1S/C25H36N8O2/c1-21(7-5-6-10-26)32-13-15-33(16-14-32)25-30-23(22-8-3-2-4-9-22)29-24(31-25)28-12-18-35-20-19-34-17-11-27/h2-10H,1,11-20,26-27H2,(H,28,29,30,31)/b7-5-,10-6-. The summed E-state index contributed by atoms with van der Waals surface area (Å²) in [5, 5.41) is 3.27. The van der Waals surface area contributed by atoms with Gasteiger partial charge >= 0.3 is 0 Å². The molecule has 1 fully saturated rings. The highest BCUT2D eigenvalue weighted by molar-refractivity contribution is 5.58. The highest BCUT2D eigenvalue weighted by Crippen LogP contribution is 2.21. The van der Waals surface area contributed by atoms with Crippen molar-refractivity contribution in [2.75, 3.05) is 75.9 Å². The van der Waals surface area contributed by atoms with Crippen LogP contribution in [0, 0.1) is 0 Å². The van der Waals surface area contributed by atoms with Crippen LogP contribution in [-0.4, -0.2) is 85.5 Å². The Morgan fingerprint density at radius 1 is 0.971 bits per heavy atom. The first-order valence-electron chi connectivity index (χ1n) is 11.9. The summed E-state index contributed by atoms with van der Waals surface area (Å²) in [6, 6.07) is 9.92. The van der Waals surface area contributed by atoms with Crippen molar-refractivity contribution in [3.8, 4) is 11.4 Å². The molecule has 0 spiro atoms. The number of aromatic nitrogens is 3. The van der Waals surface area contributed by atoms with E-state index in [2.05, 4.69) is 26.7 Å². The number of benzene rings is 1. The highest BCUT2D eigenvalue weighted by Gasteiger charge is 2.21. The van der Waals surface area contributed by atoms with Crippen molar-refractivity contribution >= 4 is 11.9 Å². The lowest BCUT2D eigenvalue weighted by Crippen LogP contribution is -2.46. The molecule has 1 aromatic carbocycles. The van der Waals surface area contributed by atoms with E-state index in [1.807, 2.05) is 42.5 Å². The van der Waals surface area contributed by atoms with E-state index in [4.69, 9.17) is 30.9 Å². The summed E-state index contributed by atoms with van der Waals surface area (Å²) in [6.45, 7) is 10.6. The zero-order chi connectivity index (χ0) is 24.7. The molecule has 188 valence electrons. The average molecular weight is 481 g/mol. The predicted octanol–water partition coefficient (Wildman–Crippen LogP) is 1.61. The molecule has 35 heavy (non-hydrogen) atoms. The second-order valence-corrected chi connectivity index (χ2v) is 7.80. The Balaban J connectivity index is 1.62. The lowest BCUT2D eigenvalue weighted by molar-refractivity contribution is 0.0547. The third-order valence-corrected chi connectivity index (χ3v) is 5.30. The highest BCUT2D eigenvalue weighted by atomic mass is 16.5. The molecule has 0 saturated carbocycles. The van der Waals surface area contributed by atoms with Gasteiger partial charge in [-0.1, -0.05) is 43.0 Å². The number of rotatable bonds is 14. The van der Waals surface area contributed by atoms with Crippen LogP contribution in [0.1, 0.15) is 0 Å². The SMILES string of the molecule is C=C(/C=C\C=C/N)N1CCN(c2nc(NCCOCCOCCN)nc(-c3ccccc3)n2)CC1. The minimum atomic E-state index is 0.514. The molecule has 3 rings (SSSR count). The fraction of sp³-hybridized carbons (Fsp3) is 0.400. The zero-order valence-electron chi connectivity index (χ0n) is 20.2. The van der Waals surface area contributed by atoms with Crippen molar-refractivity contribution in [3.63, 3.8) is 0 Å². The number of hydrogen-bond donors (Lipinski definition) is 3. The molecule has 2 heterocycles. The number of anilines is 2. The summed E-state index contributed by atoms with van der Waals surface area (Å²) in [6.07, 6.45) is 7.14. The minimum Gasteiger partial charge on any atom is -0.405 e. The summed E-state index contributed by atoms with van der Waals surface area (Å²) >= 11 is 0. The first-order valence-corrected chi connectivity index (χ1v) is 11.9. The number of nitrogens with one attached hydrogen (secondary N) is 1. The van der Waals surface area contributed by atoms with Crippen LogP contribution in [0.3, 0.4) is 0 Å². The van der Waals surface area contributed by atoms with Gasteiger partial charge in [-0.2, -0.15) is 15.0 Å². The smallest absolute Gasteiger partial charge is 0.230 e. The van der Waals surface area contributed by atoms with Gasteiger partial charge in [-0.05, 0) is 18.4 Å². The maximum Gasteiger partial charge on any atom is 0.230 e. The van der Waals surface area contributed by atoms with E-state index in [1.54, 1.807) is 6.08 Å². The largest absolute Gasteiger partial charge is 0.405 e. The number of hydrogen-bond acceptors (Lipinski definition) is 10. The van der Waals surface area contributed by atoms with Crippen molar-refractivity contribution < 1.29 is 9.47 Å². The fourth-order valence-corrected chi connectivity index (χ4v) is 3.47. The third-order valence-electron chi connectivity index (χ3n) is 5.30. The Morgan fingerprint density at radius 3 is 2.43 bits per heavy atom. The van der Waals surface area contributed by atoms with Gasteiger partial charge in [-0.15, -0.1) is 0 Å². The summed E-state index contributed by atoms with van der Waals surface area (Å²) < 4.78 is 10.9. The first kappa shape index (κ1) is 26.1. The third kappa shape index (κ3) is 8.67. The van der Waals surface area contributed by atoms with E-state index in [9.17, 15) is 0 Å². The van der Waals surface area contributed by atoms with E-state index in [1.165, 1.54) is 6.20 Å². The Labute approximate surface area is 207 Å². The maximum atomic E-state index is 5.59. The van der Waals surface area contributed by atoms with Gasteiger partial charge in [0.15, 0.2) is 5.82 Å². The molecule has 0 bridgehead atoms. The van der Waals surface area contributed by atoms with Gasteiger partial charge in [0.2, 0.25) is 11.9 Å². The number of piperazine rings is 1. The van der Waals surface area contributed by atoms with Crippen molar-refractivity contribution in [2.45, 2.75) is 0 Å². The van der Waals surface area contributed by atoms with Crippen molar-refractivity contribution in [3.05, 3.63) is 67.0 Å². The maximum absolute atomic E-state index is 5.59. The molecule has 0 unspecified atom stereocenters. The summed E-state index contributed by atoms with van der Waals surface area (Å²) in [4.78, 5) is 18.5. The number of ether oxygens (including phenoxy) is 2. The van der Waals surface area contributed by atoms with Crippen LogP contribution in [0.15, 0.2) is 67.0 Å². The molecular formula is C25H36N8O2. The Kier molecular flexibility index (Phi) is 11.0. The second-order valence-electron chi connectivity index (χ2n) is 7.80. The summed E-state index contributed by atoms with van der Waals surface area (Å²) in [5.74, 6) is 1.82. The van der Waals surface area contributed by atoms with E-state index in [0.29, 0.717) is 57.2 Å². The van der Waals surface area contributed by atoms with Gasteiger partial charge in [0.1, 0.15) is 0 Å². The van der Waals surface area contributed by atoms with Crippen LogP contribution >= 0.6 is 0 Å². The fourth-order valence-electron chi connectivity index (χ4n) is 3.47. The van der Waals surface area contributed by atoms with Crippen molar-refractivity contribution in [1.82, 2.24) is 19.9 Å². The molecule has 2 aromatic rings. The monoisotopic (exact) mass is 480 g/mol. The number of allylic oxidation sites excluding steroid dienone is 3. The van der Waals surface area contributed by atoms with Gasteiger partial charge in [0.05, 0.1) is 26.4 Å². The topological polar surface area (TPSA) is 128 Å². The predicted molar refractivity (Wildman–Crippen MR) is 140 cm³/mol. The van der Waals surface area contributed by atoms with Crippen LogP contribution in [0.4, 0.5) is 11.9 Å². The lowest BCUT2D eigenvalue weighted by Gasteiger charge is -2.36. The molecule has 5 N–H and O–H groups in total. The molecule has 1 saturated heterocycles. The summed E-state index contributed by atoms with van der Waals surface area (Å²) in [5.41, 5.74) is 12.7. The molecule has 0 aliphatic carbocycles. The van der Waals surface area contributed by atoms with Gasteiger partial charge < -0.3 is 36.1 Å². The number of nitrogens with two attached hydrogens (primary N) is 2. The van der Waals surface area contributed by atoms with E-state index < -0.39 is 0 Å². The van der Waals surface area contributed by atoms with Gasteiger partial charge in [-0.3, -0.25) is 0 Å². The molecule has 1 aromatic heterocycles. The van der Waals surface area contributed by atoms with Crippen LogP contribution in [0.5, 0.6) is 0 Å². The Bertz CT molecular complexity index is 959. The summed E-state index contributed by atoms with van der Waals surface area (Å²) in [7, 11) is 0. The Morgan fingerprint density at radius 2 is 1.71 bits per heavy atom. The lowest BCUT2D eigenvalue weighted by atomic mass is 10.2. The second kappa shape index (κ2) is 14.7. The molecule has 0 atom stereocenters. The normalized spacial score (nSPS) is 14.2. The molecule has 1 aliphatic rings. The van der Waals surface area contributed by atoms with E-state index in [-0.39, 0.29) is 0 Å². The average Bonchev–Trinajstić information content (AvgIpc) is 2.90. The van der Waals surface area contributed by atoms with Gasteiger partial charge in [0.25, 0.3) is 0 Å². The van der Waals surface area contributed by atoms with Gasteiger partial charge in [0, 0.05) is 50.5 Å². The van der Waals surface area contributed by atoms with Crippen molar-refractivity contribution in [2.24, 2.45) is 11.5 Å². The molecule has 1 aliphatic heterocycles.